The third-order valence-electron chi connectivity index (χ3n) is 3.09. The van der Waals surface area contributed by atoms with Gasteiger partial charge in [0.15, 0.2) is 0 Å². The van der Waals surface area contributed by atoms with E-state index >= 15 is 0 Å². The van der Waals surface area contributed by atoms with E-state index in [0.717, 1.165) is 35.3 Å². The van der Waals surface area contributed by atoms with E-state index in [9.17, 15) is 0 Å². The first kappa shape index (κ1) is 10.9. The van der Waals surface area contributed by atoms with Crippen molar-refractivity contribution in [2.24, 2.45) is 0 Å². The highest BCUT2D eigenvalue weighted by Gasteiger charge is 2.13. The van der Waals surface area contributed by atoms with Crippen molar-refractivity contribution < 1.29 is 0 Å². The van der Waals surface area contributed by atoms with Gasteiger partial charge in [-0.05, 0) is 48.9 Å². The molecule has 14 heavy (non-hydrogen) atoms. The summed E-state index contributed by atoms with van der Waals surface area (Å²) in [6.45, 7) is 8.33. The molecule has 0 saturated carbocycles. The first-order valence-electron chi connectivity index (χ1n) is 5.20. The van der Waals surface area contributed by atoms with Gasteiger partial charge in [-0.25, -0.2) is 0 Å². The van der Waals surface area contributed by atoms with Crippen LogP contribution in [0.2, 0.25) is 0 Å². The fraction of sp³-hybridized carbons (Fsp3) is 0.500. The molecule has 2 heteroatoms. The minimum Gasteiger partial charge on any atom is -0.398 e. The van der Waals surface area contributed by atoms with Crippen molar-refractivity contribution >= 4 is 11.4 Å². The maximum Gasteiger partial charge on any atom is 0.0383 e. The molecule has 1 rings (SSSR count). The van der Waals surface area contributed by atoms with Crippen molar-refractivity contribution in [2.75, 3.05) is 11.5 Å². The highest BCUT2D eigenvalue weighted by atomic mass is 14.6. The van der Waals surface area contributed by atoms with Crippen LogP contribution in [0.1, 0.15) is 36.1 Å². The van der Waals surface area contributed by atoms with Crippen LogP contribution in [0, 0.1) is 13.8 Å². The molecule has 0 unspecified atom stereocenters. The summed E-state index contributed by atoms with van der Waals surface area (Å²) in [6, 6.07) is 0. The van der Waals surface area contributed by atoms with E-state index in [0.29, 0.717) is 0 Å². The van der Waals surface area contributed by atoms with E-state index in [2.05, 4.69) is 13.8 Å². The normalized spacial score (nSPS) is 10.6. The first-order chi connectivity index (χ1) is 6.54. The smallest absolute Gasteiger partial charge is 0.0383 e. The summed E-state index contributed by atoms with van der Waals surface area (Å²) in [5.74, 6) is 0. The zero-order chi connectivity index (χ0) is 10.9. The molecular formula is C12H20N2. The van der Waals surface area contributed by atoms with Gasteiger partial charge >= 0.3 is 0 Å². The number of rotatable bonds is 2. The van der Waals surface area contributed by atoms with E-state index < -0.39 is 0 Å². The Balaban J connectivity index is 3.57. The monoisotopic (exact) mass is 192 g/mol. The molecule has 0 saturated heterocycles. The Kier molecular flexibility index (Phi) is 3.04. The highest BCUT2D eigenvalue weighted by Crippen LogP contribution is 2.31. The summed E-state index contributed by atoms with van der Waals surface area (Å²) in [5, 5.41) is 0. The molecule has 0 aliphatic rings. The van der Waals surface area contributed by atoms with E-state index in [4.69, 9.17) is 11.5 Å². The molecule has 1 aromatic carbocycles. The molecule has 0 radical (unpaired) electrons. The summed E-state index contributed by atoms with van der Waals surface area (Å²) < 4.78 is 0. The van der Waals surface area contributed by atoms with Gasteiger partial charge in [-0.1, -0.05) is 13.8 Å². The Morgan fingerprint density at radius 3 is 1.29 bits per heavy atom. The average molecular weight is 192 g/mol. The predicted octanol–water partition coefficient (Wildman–Crippen LogP) is 2.59. The zero-order valence-electron chi connectivity index (χ0n) is 9.57. The van der Waals surface area contributed by atoms with Crippen LogP contribution in [0.5, 0.6) is 0 Å². The number of hydrogen-bond donors (Lipinski definition) is 2. The number of benzene rings is 1. The third kappa shape index (κ3) is 1.45. The fourth-order valence-electron chi connectivity index (χ4n) is 1.99. The maximum atomic E-state index is 6.08. The molecule has 0 aromatic heterocycles. The lowest BCUT2D eigenvalue weighted by molar-refractivity contribution is 1.03. The molecule has 0 fully saturated rings. The molecule has 0 aliphatic carbocycles. The lowest BCUT2D eigenvalue weighted by Crippen LogP contribution is -2.08. The Morgan fingerprint density at radius 1 is 0.786 bits per heavy atom. The topological polar surface area (TPSA) is 52.0 Å². The average Bonchev–Trinajstić information content (AvgIpc) is 2.20. The van der Waals surface area contributed by atoms with Crippen LogP contribution in [-0.4, -0.2) is 0 Å². The molecule has 78 valence electrons. The minimum atomic E-state index is 0.927. The van der Waals surface area contributed by atoms with Crippen LogP contribution in [0.4, 0.5) is 11.4 Å². The van der Waals surface area contributed by atoms with Crippen LogP contribution in [0.25, 0.3) is 0 Å². The highest BCUT2D eigenvalue weighted by molar-refractivity contribution is 5.70. The molecule has 0 atom stereocenters. The minimum absolute atomic E-state index is 0.927. The Labute approximate surface area is 86.3 Å². The van der Waals surface area contributed by atoms with Crippen molar-refractivity contribution in [3.63, 3.8) is 0 Å². The first-order valence-corrected chi connectivity index (χ1v) is 5.20. The number of nitrogen functional groups attached to an aromatic ring is 2. The number of hydrogen-bond acceptors (Lipinski definition) is 2. The van der Waals surface area contributed by atoms with E-state index in [1.54, 1.807) is 0 Å². The van der Waals surface area contributed by atoms with Gasteiger partial charge in [0.25, 0.3) is 0 Å². The van der Waals surface area contributed by atoms with Gasteiger partial charge in [0.05, 0.1) is 0 Å². The Morgan fingerprint density at radius 2 is 1.07 bits per heavy atom. The molecular weight excluding hydrogens is 172 g/mol. The van der Waals surface area contributed by atoms with Gasteiger partial charge in [-0.15, -0.1) is 0 Å². The molecule has 0 aliphatic heterocycles. The van der Waals surface area contributed by atoms with Crippen molar-refractivity contribution in [2.45, 2.75) is 40.5 Å². The molecule has 1 aromatic rings. The predicted molar refractivity (Wildman–Crippen MR) is 63.5 cm³/mol. The molecule has 0 heterocycles. The van der Waals surface area contributed by atoms with Gasteiger partial charge in [-0.2, -0.15) is 0 Å². The van der Waals surface area contributed by atoms with Crippen LogP contribution in [-0.2, 0) is 12.8 Å². The summed E-state index contributed by atoms with van der Waals surface area (Å²) in [4.78, 5) is 0. The van der Waals surface area contributed by atoms with Crippen molar-refractivity contribution in [1.82, 2.24) is 0 Å². The largest absolute Gasteiger partial charge is 0.398 e. The van der Waals surface area contributed by atoms with E-state index in [1.807, 2.05) is 13.8 Å². The Hall–Kier alpha value is -1.18. The van der Waals surface area contributed by atoms with Crippen LogP contribution in [0.15, 0.2) is 0 Å². The van der Waals surface area contributed by atoms with Crippen LogP contribution >= 0.6 is 0 Å². The second-order valence-corrected chi connectivity index (χ2v) is 3.74. The van der Waals surface area contributed by atoms with Gasteiger partial charge in [0, 0.05) is 11.4 Å². The summed E-state index contributed by atoms with van der Waals surface area (Å²) in [7, 11) is 0. The maximum absolute atomic E-state index is 6.08. The standard InChI is InChI=1S/C12H20N2/c1-5-9-10(6-2)12(14)8(4)7(3)11(9)13/h5-6,13-14H2,1-4H3. The lowest BCUT2D eigenvalue weighted by Gasteiger charge is -2.18. The van der Waals surface area contributed by atoms with Crippen molar-refractivity contribution in [1.29, 1.82) is 0 Å². The summed E-state index contributed by atoms with van der Waals surface area (Å²) in [5.41, 5.74) is 18.8. The quantitative estimate of drug-likeness (QED) is 0.708. The van der Waals surface area contributed by atoms with Crippen LogP contribution in [0.3, 0.4) is 0 Å². The second kappa shape index (κ2) is 3.91. The van der Waals surface area contributed by atoms with Crippen molar-refractivity contribution in [3.8, 4) is 0 Å². The van der Waals surface area contributed by atoms with Gasteiger partial charge in [0.1, 0.15) is 0 Å². The van der Waals surface area contributed by atoms with Gasteiger partial charge < -0.3 is 11.5 Å². The zero-order valence-corrected chi connectivity index (χ0v) is 9.57. The molecule has 4 N–H and O–H groups in total. The van der Waals surface area contributed by atoms with E-state index in [-0.39, 0.29) is 0 Å². The second-order valence-electron chi connectivity index (χ2n) is 3.74. The van der Waals surface area contributed by atoms with E-state index in [1.165, 1.54) is 11.1 Å². The summed E-state index contributed by atoms with van der Waals surface area (Å²) >= 11 is 0. The number of anilines is 2. The number of nitrogens with two attached hydrogens (primary N) is 2. The van der Waals surface area contributed by atoms with Gasteiger partial charge in [-0.3, -0.25) is 0 Å². The SMILES string of the molecule is CCc1c(N)c(C)c(C)c(N)c1CC. The molecule has 0 spiro atoms. The Bertz CT molecular complexity index is 319. The van der Waals surface area contributed by atoms with Crippen LogP contribution < -0.4 is 11.5 Å². The fourth-order valence-corrected chi connectivity index (χ4v) is 1.99. The molecule has 0 amide bonds. The third-order valence-corrected chi connectivity index (χ3v) is 3.09. The molecule has 0 bridgehead atoms. The lowest BCUT2D eigenvalue weighted by atomic mass is 9.92. The molecule has 2 nitrogen and oxygen atoms in total. The summed E-state index contributed by atoms with van der Waals surface area (Å²) in [6.07, 6.45) is 1.92. The van der Waals surface area contributed by atoms with Crippen molar-refractivity contribution in [3.05, 3.63) is 22.3 Å². The van der Waals surface area contributed by atoms with Gasteiger partial charge in [0.2, 0.25) is 0 Å².